The number of esters is 1. The zero-order chi connectivity index (χ0) is 15.0. The van der Waals surface area contributed by atoms with Crippen LogP contribution in [0, 0.1) is 10.1 Å². The van der Waals surface area contributed by atoms with Gasteiger partial charge in [0.25, 0.3) is 5.69 Å². The number of nitrogens with zero attached hydrogens (tertiary/aromatic N) is 1. The van der Waals surface area contributed by atoms with Gasteiger partial charge in [0.2, 0.25) is 0 Å². The molecular formula is C13H16ClNO5. The monoisotopic (exact) mass is 301 g/mol. The van der Waals surface area contributed by atoms with E-state index in [-0.39, 0.29) is 16.7 Å². The van der Waals surface area contributed by atoms with Gasteiger partial charge in [-0.1, -0.05) is 11.6 Å². The van der Waals surface area contributed by atoms with E-state index < -0.39 is 4.92 Å². The van der Waals surface area contributed by atoms with Crippen LogP contribution in [0.4, 0.5) is 5.69 Å². The zero-order valence-corrected chi connectivity index (χ0v) is 11.9. The summed E-state index contributed by atoms with van der Waals surface area (Å²) in [4.78, 5) is 21.1. The first-order valence-corrected chi connectivity index (χ1v) is 6.64. The molecule has 0 aliphatic heterocycles. The summed E-state index contributed by atoms with van der Waals surface area (Å²) in [5.74, 6) is 0.175. The quantitative estimate of drug-likeness (QED) is 0.318. The van der Waals surface area contributed by atoms with E-state index >= 15 is 0 Å². The zero-order valence-electron chi connectivity index (χ0n) is 11.1. The summed E-state index contributed by atoms with van der Waals surface area (Å²) in [7, 11) is 0. The van der Waals surface area contributed by atoms with Crippen molar-refractivity contribution in [3.63, 3.8) is 0 Å². The van der Waals surface area contributed by atoms with Crippen molar-refractivity contribution in [2.75, 3.05) is 13.2 Å². The molecule has 1 aromatic carbocycles. The third-order valence-electron chi connectivity index (χ3n) is 2.46. The molecular weight excluding hydrogens is 286 g/mol. The lowest BCUT2D eigenvalue weighted by Gasteiger charge is -2.07. The fraction of sp³-hybridized carbons (Fsp3) is 0.462. The number of benzene rings is 1. The summed E-state index contributed by atoms with van der Waals surface area (Å²) < 4.78 is 10.2. The Morgan fingerprint density at radius 1 is 1.40 bits per heavy atom. The Morgan fingerprint density at radius 3 is 2.75 bits per heavy atom. The number of nitro groups is 1. The number of carbonyl (C=O) groups is 1. The third-order valence-corrected chi connectivity index (χ3v) is 2.76. The van der Waals surface area contributed by atoms with Crippen LogP contribution in [-0.4, -0.2) is 24.1 Å². The highest BCUT2D eigenvalue weighted by Crippen LogP contribution is 2.28. The van der Waals surface area contributed by atoms with Crippen molar-refractivity contribution >= 4 is 23.3 Å². The molecule has 0 aliphatic carbocycles. The molecule has 7 heteroatoms. The molecule has 20 heavy (non-hydrogen) atoms. The minimum absolute atomic E-state index is 0.0790. The van der Waals surface area contributed by atoms with E-state index in [9.17, 15) is 14.9 Å². The molecule has 0 atom stereocenters. The van der Waals surface area contributed by atoms with Crippen LogP contribution in [0.5, 0.6) is 5.75 Å². The van der Waals surface area contributed by atoms with Crippen molar-refractivity contribution in [1.29, 1.82) is 0 Å². The number of hydrogen-bond donors (Lipinski definition) is 0. The van der Waals surface area contributed by atoms with E-state index in [0.717, 1.165) is 0 Å². The SMILES string of the molecule is CCOC(=O)CCCCOc1ccc([N+](=O)[O-])cc1Cl. The number of carbonyl (C=O) groups excluding carboxylic acids is 1. The maximum atomic E-state index is 11.1. The van der Waals surface area contributed by atoms with E-state index in [2.05, 4.69) is 0 Å². The van der Waals surface area contributed by atoms with Crippen molar-refractivity contribution in [2.24, 2.45) is 0 Å². The Hall–Kier alpha value is -1.82. The molecule has 0 N–H and O–H groups in total. The molecule has 110 valence electrons. The number of rotatable bonds is 8. The molecule has 0 heterocycles. The van der Waals surface area contributed by atoms with E-state index in [0.29, 0.717) is 38.2 Å². The van der Waals surface area contributed by atoms with E-state index in [1.165, 1.54) is 18.2 Å². The third kappa shape index (κ3) is 5.44. The number of unbranched alkanes of at least 4 members (excludes halogenated alkanes) is 1. The Balaban J connectivity index is 2.32. The van der Waals surface area contributed by atoms with Gasteiger partial charge in [0.15, 0.2) is 0 Å². The molecule has 0 radical (unpaired) electrons. The maximum absolute atomic E-state index is 11.1. The van der Waals surface area contributed by atoms with Gasteiger partial charge in [0.1, 0.15) is 5.75 Å². The predicted octanol–water partition coefficient (Wildman–Crippen LogP) is 3.36. The highest BCUT2D eigenvalue weighted by molar-refractivity contribution is 6.32. The summed E-state index contributed by atoms with van der Waals surface area (Å²) in [6.07, 6.45) is 1.68. The predicted molar refractivity (Wildman–Crippen MR) is 74.1 cm³/mol. The van der Waals surface area contributed by atoms with Crippen LogP contribution in [0.2, 0.25) is 5.02 Å². The van der Waals surface area contributed by atoms with Gasteiger partial charge < -0.3 is 9.47 Å². The Kier molecular flexibility index (Phi) is 6.79. The van der Waals surface area contributed by atoms with Crippen LogP contribution in [0.1, 0.15) is 26.2 Å². The molecule has 0 bridgehead atoms. The summed E-state index contributed by atoms with van der Waals surface area (Å²) in [5.41, 5.74) is -0.0790. The number of ether oxygens (including phenoxy) is 2. The fourth-order valence-electron chi connectivity index (χ4n) is 1.51. The highest BCUT2D eigenvalue weighted by atomic mass is 35.5. The van der Waals surface area contributed by atoms with Crippen LogP contribution in [-0.2, 0) is 9.53 Å². The highest BCUT2D eigenvalue weighted by Gasteiger charge is 2.10. The lowest BCUT2D eigenvalue weighted by molar-refractivity contribution is -0.384. The van der Waals surface area contributed by atoms with Crippen LogP contribution in [0.3, 0.4) is 0 Å². The van der Waals surface area contributed by atoms with Gasteiger partial charge in [-0.15, -0.1) is 0 Å². The van der Waals surface area contributed by atoms with E-state index in [1.807, 2.05) is 0 Å². The van der Waals surface area contributed by atoms with Crippen LogP contribution < -0.4 is 4.74 Å². The van der Waals surface area contributed by atoms with E-state index in [4.69, 9.17) is 21.1 Å². The lowest BCUT2D eigenvalue weighted by Crippen LogP contribution is -2.05. The van der Waals surface area contributed by atoms with Crippen molar-refractivity contribution < 1.29 is 19.2 Å². The molecule has 0 unspecified atom stereocenters. The van der Waals surface area contributed by atoms with Gasteiger partial charge in [-0.25, -0.2) is 0 Å². The number of nitro benzene ring substituents is 1. The van der Waals surface area contributed by atoms with Gasteiger partial charge in [-0.3, -0.25) is 14.9 Å². The van der Waals surface area contributed by atoms with Crippen molar-refractivity contribution in [3.8, 4) is 5.75 Å². The van der Waals surface area contributed by atoms with Gasteiger partial charge in [0.05, 0.1) is 23.2 Å². The normalized spacial score (nSPS) is 10.1. The Labute approximate surface area is 121 Å². The molecule has 0 amide bonds. The van der Waals surface area contributed by atoms with Gasteiger partial charge in [-0.2, -0.15) is 0 Å². The molecule has 1 aromatic rings. The molecule has 0 aliphatic rings. The second kappa shape index (κ2) is 8.37. The van der Waals surface area contributed by atoms with Crippen molar-refractivity contribution in [2.45, 2.75) is 26.2 Å². The Morgan fingerprint density at radius 2 is 2.15 bits per heavy atom. The van der Waals surface area contributed by atoms with Crippen molar-refractivity contribution in [3.05, 3.63) is 33.3 Å². The molecule has 0 spiro atoms. The summed E-state index contributed by atoms with van der Waals surface area (Å²) in [6.45, 7) is 2.53. The van der Waals surface area contributed by atoms with Crippen molar-refractivity contribution in [1.82, 2.24) is 0 Å². The number of non-ortho nitro benzene ring substituents is 1. The van der Waals surface area contributed by atoms with Gasteiger partial charge >= 0.3 is 5.97 Å². The van der Waals surface area contributed by atoms with E-state index in [1.54, 1.807) is 6.92 Å². The smallest absolute Gasteiger partial charge is 0.305 e. The summed E-state index contributed by atoms with van der Waals surface area (Å²) >= 11 is 5.87. The standard InChI is InChI=1S/C13H16ClNO5/c1-2-19-13(16)5-3-4-8-20-12-7-6-10(15(17)18)9-11(12)14/h6-7,9H,2-5,8H2,1H3. The second-order valence-electron chi connectivity index (χ2n) is 3.98. The lowest BCUT2D eigenvalue weighted by atomic mass is 10.2. The first kappa shape index (κ1) is 16.2. The minimum Gasteiger partial charge on any atom is -0.492 e. The van der Waals surface area contributed by atoms with Gasteiger partial charge in [0, 0.05) is 18.6 Å². The molecule has 1 rings (SSSR count). The average Bonchev–Trinajstić information content (AvgIpc) is 2.40. The molecule has 0 fully saturated rings. The first-order valence-electron chi connectivity index (χ1n) is 6.27. The second-order valence-corrected chi connectivity index (χ2v) is 4.39. The molecule has 0 saturated carbocycles. The first-order chi connectivity index (χ1) is 9.54. The topological polar surface area (TPSA) is 78.7 Å². The number of hydrogen-bond acceptors (Lipinski definition) is 5. The molecule has 6 nitrogen and oxygen atoms in total. The number of halogens is 1. The summed E-state index contributed by atoms with van der Waals surface area (Å²) in [5, 5.41) is 10.7. The maximum Gasteiger partial charge on any atom is 0.305 e. The van der Waals surface area contributed by atoms with Crippen LogP contribution >= 0.6 is 11.6 Å². The van der Waals surface area contributed by atoms with Gasteiger partial charge in [-0.05, 0) is 25.8 Å². The molecule has 0 saturated heterocycles. The fourth-order valence-corrected chi connectivity index (χ4v) is 1.74. The Bertz CT molecular complexity index is 478. The van der Waals surface area contributed by atoms with Crippen LogP contribution in [0.15, 0.2) is 18.2 Å². The molecule has 0 aromatic heterocycles. The summed E-state index contributed by atoms with van der Waals surface area (Å²) in [6, 6.07) is 4.04. The largest absolute Gasteiger partial charge is 0.492 e. The van der Waals surface area contributed by atoms with Crippen LogP contribution in [0.25, 0.3) is 0 Å². The average molecular weight is 302 g/mol. The minimum atomic E-state index is -0.519.